The Morgan fingerprint density at radius 2 is 2.12 bits per heavy atom. The highest BCUT2D eigenvalue weighted by Gasteiger charge is 2.06. The number of carbonyl (C=O) groups excluding carboxylic acids is 1. The lowest BCUT2D eigenvalue weighted by atomic mass is 10.1. The van der Waals surface area contributed by atoms with E-state index in [2.05, 4.69) is 12.2 Å². The Morgan fingerprint density at radius 1 is 1.35 bits per heavy atom. The van der Waals surface area contributed by atoms with Gasteiger partial charge in [0.05, 0.1) is 6.42 Å². The number of hydrogen-bond donors (Lipinski definition) is 2. The Hall–Kier alpha value is -1.84. The van der Waals surface area contributed by atoms with Crippen LogP contribution in [0, 0.1) is 0 Å². The van der Waals surface area contributed by atoms with Crippen molar-refractivity contribution in [3.05, 3.63) is 35.4 Å². The molecule has 1 amide bonds. The summed E-state index contributed by atoms with van der Waals surface area (Å²) in [6.45, 7) is 2.24. The summed E-state index contributed by atoms with van der Waals surface area (Å²) >= 11 is 0. The standard InChI is InChI=1S/C13H17NO3/c1-2-4-10-5-3-6-11(9-10)13(17)14-8-7-12(15)16/h3,5-6,9H,2,4,7-8H2,1H3,(H,14,17)(H,15,16). The van der Waals surface area contributed by atoms with Crippen molar-refractivity contribution in [1.82, 2.24) is 5.32 Å². The fourth-order valence-electron chi connectivity index (χ4n) is 1.54. The molecule has 4 nitrogen and oxygen atoms in total. The van der Waals surface area contributed by atoms with Gasteiger partial charge in [0, 0.05) is 12.1 Å². The Balaban J connectivity index is 2.56. The summed E-state index contributed by atoms with van der Waals surface area (Å²) in [6.07, 6.45) is 1.92. The van der Waals surface area contributed by atoms with Crippen LogP contribution in [0.3, 0.4) is 0 Å². The van der Waals surface area contributed by atoms with Gasteiger partial charge in [0.15, 0.2) is 0 Å². The highest BCUT2D eigenvalue weighted by Crippen LogP contribution is 2.07. The number of nitrogens with one attached hydrogen (secondary N) is 1. The van der Waals surface area contributed by atoms with E-state index < -0.39 is 5.97 Å². The number of hydrogen-bond acceptors (Lipinski definition) is 2. The fraction of sp³-hybridized carbons (Fsp3) is 0.385. The highest BCUT2D eigenvalue weighted by molar-refractivity contribution is 5.94. The van der Waals surface area contributed by atoms with E-state index in [1.807, 2.05) is 18.2 Å². The first-order chi connectivity index (χ1) is 8.13. The van der Waals surface area contributed by atoms with Gasteiger partial charge in [-0.25, -0.2) is 0 Å². The molecule has 0 saturated carbocycles. The summed E-state index contributed by atoms with van der Waals surface area (Å²) in [6, 6.07) is 7.41. The molecule has 0 heterocycles. The Kier molecular flexibility index (Phi) is 5.20. The topological polar surface area (TPSA) is 66.4 Å². The van der Waals surface area contributed by atoms with Crippen LogP contribution in [0.5, 0.6) is 0 Å². The van der Waals surface area contributed by atoms with Crippen LogP contribution in [0.2, 0.25) is 0 Å². The molecular weight excluding hydrogens is 218 g/mol. The van der Waals surface area contributed by atoms with Gasteiger partial charge < -0.3 is 10.4 Å². The van der Waals surface area contributed by atoms with E-state index in [1.54, 1.807) is 6.07 Å². The second-order valence-electron chi connectivity index (χ2n) is 3.85. The lowest BCUT2D eigenvalue weighted by Gasteiger charge is -2.05. The molecule has 92 valence electrons. The molecule has 0 aliphatic carbocycles. The third-order valence-corrected chi connectivity index (χ3v) is 2.35. The SMILES string of the molecule is CCCc1cccc(C(=O)NCCC(=O)O)c1. The number of aliphatic carboxylic acids is 1. The molecule has 0 unspecified atom stereocenters. The molecule has 0 spiro atoms. The average Bonchev–Trinajstić information content (AvgIpc) is 2.29. The number of amides is 1. The molecule has 0 bridgehead atoms. The maximum Gasteiger partial charge on any atom is 0.305 e. The normalized spacial score (nSPS) is 9.94. The Bertz CT molecular complexity index is 401. The minimum atomic E-state index is -0.912. The summed E-state index contributed by atoms with van der Waals surface area (Å²) < 4.78 is 0. The number of aryl methyl sites for hydroxylation is 1. The molecule has 0 aliphatic rings. The molecule has 0 radical (unpaired) electrons. The van der Waals surface area contributed by atoms with E-state index in [4.69, 9.17) is 5.11 Å². The van der Waals surface area contributed by atoms with Gasteiger partial charge in [-0.2, -0.15) is 0 Å². The van der Waals surface area contributed by atoms with Gasteiger partial charge in [0.1, 0.15) is 0 Å². The van der Waals surface area contributed by atoms with Crippen molar-refractivity contribution in [1.29, 1.82) is 0 Å². The zero-order valence-corrected chi connectivity index (χ0v) is 9.90. The lowest BCUT2D eigenvalue weighted by Crippen LogP contribution is -2.26. The van der Waals surface area contributed by atoms with Crippen LogP contribution in [-0.2, 0) is 11.2 Å². The number of carboxylic acids is 1. The molecule has 0 aliphatic heterocycles. The summed E-state index contributed by atoms with van der Waals surface area (Å²) in [5.41, 5.74) is 1.71. The highest BCUT2D eigenvalue weighted by atomic mass is 16.4. The second kappa shape index (κ2) is 6.68. The second-order valence-corrected chi connectivity index (χ2v) is 3.85. The third kappa shape index (κ3) is 4.68. The Labute approximate surface area is 101 Å². The van der Waals surface area contributed by atoms with Crippen LogP contribution in [0.25, 0.3) is 0 Å². The fourth-order valence-corrected chi connectivity index (χ4v) is 1.54. The molecule has 0 atom stereocenters. The van der Waals surface area contributed by atoms with Crippen molar-refractivity contribution in [3.63, 3.8) is 0 Å². The van der Waals surface area contributed by atoms with Gasteiger partial charge in [0.2, 0.25) is 0 Å². The quantitative estimate of drug-likeness (QED) is 0.790. The minimum Gasteiger partial charge on any atom is -0.481 e. The largest absolute Gasteiger partial charge is 0.481 e. The maximum absolute atomic E-state index is 11.7. The molecule has 2 N–H and O–H groups in total. The summed E-state index contributed by atoms with van der Waals surface area (Å²) in [4.78, 5) is 22.0. The van der Waals surface area contributed by atoms with E-state index in [1.165, 1.54) is 0 Å². The van der Waals surface area contributed by atoms with Crippen molar-refractivity contribution in [3.8, 4) is 0 Å². The van der Waals surface area contributed by atoms with Gasteiger partial charge in [-0.15, -0.1) is 0 Å². The van der Waals surface area contributed by atoms with E-state index in [-0.39, 0.29) is 18.9 Å². The van der Waals surface area contributed by atoms with E-state index in [9.17, 15) is 9.59 Å². The van der Waals surface area contributed by atoms with Crippen LogP contribution in [0.4, 0.5) is 0 Å². The zero-order chi connectivity index (χ0) is 12.7. The summed E-state index contributed by atoms with van der Waals surface area (Å²) in [7, 11) is 0. The lowest BCUT2D eigenvalue weighted by molar-refractivity contribution is -0.136. The number of carbonyl (C=O) groups is 2. The van der Waals surface area contributed by atoms with E-state index in [0.717, 1.165) is 18.4 Å². The minimum absolute atomic E-state index is 0.0552. The smallest absolute Gasteiger partial charge is 0.305 e. The molecule has 0 saturated heterocycles. The van der Waals surface area contributed by atoms with Crippen LogP contribution >= 0.6 is 0 Å². The first kappa shape index (κ1) is 13.2. The van der Waals surface area contributed by atoms with Crippen LogP contribution in [0.1, 0.15) is 35.7 Å². The number of carboxylic acid groups (broad SMARTS) is 1. The van der Waals surface area contributed by atoms with Gasteiger partial charge >= 0.3 is 5.97 Å². The predicted octanol–water partition coefficient (Wildman–Crippen LogP) is 1.84. The van der Waals surface area contributed by atoms with E-state index >= 15 is 0 Å². The summed E-state index contributed by atoms with van der Waals surface area (Å²) in [5.74, 6) is -1.13. The molecule has 1 rings (SSSR count). The van der Waals surface area contributed by atoms with Crippen LogP contribution < -0.4 is 5.32 Å². The Morgan fingerprint density at radius 3 is 2.76 bits per heavy atom. The summed E-state index contributed by atoms with van der Waals surface area (Å²) in [5, 5.41) is 11.0. The molecule has 17 heavy (non-hydrogen) atoms. The van der Waals surface area contributed by atoms with E-state index in [0.29, 0.717) is 5.56 Å². The molecule has 0 aromatic heterocycles. The molecule has 1 aromatic carbocycles. The number of rotatable bonds is 6. The van der Waals surface area contributed by atoms with Crippen molar-refractivity contribution >= 4 is 11.9 Å². The number of benzene rings is 1. The van der Waals surface area contributed by atoms with Crippen LogP contribution in [0.15, 0.2) is 24.3 Å². The van der Waals surface area contributed by atoms with Crippen LogP contribution in [-0.4, -0.2) is 23.5 Å². The van der Waals surface area contributed by atoms with Crippen molar-refractivity contribution < 1.29 is 14.7 Å². The van der Waals surface area contributed by atoms with Gasteiger partial charge in [0.25, 0.3) is 5.91 Å². The van der Waals surface area contributed by atoms with Crippen molar-refractivity contribution in [2.45, 2.75) is 26.2 Å². The van der Waals surface area contributed by atoms with Gasteiger partial charge in [-0.3, -0.25) is 9.59 Å². The maximum atomic E-state index is 11.7. The van der Waals surface area contributed by atoms with Crippen molar-refractivity contribution in [2.24, 2.45) is 0 Å². The first-order valence-corrected chi connectivity index (χ1v) is 5.72. The van der Waals surface area contributed by atoms with Gasteiger partial charge in [-0.05, 0) is 24.1 Å². The van der Waals surface area contributed by atoms with Gasteiger partial charge in [-0.1, -0.05) is 25.5 Å². The van der Waals surface area contributed by atoms with Crippen molar-refractivity contribution in [2.75, 3.05) is 6.54 Å². The third-order valence-electron chi connectivity index (χ3n) is 2.35. The monoisotopic (exact) mass is 235 g/mol. The average molecular weight is 235 g/mol. The molecule has 4 heteroatoms. The predicted molar refractivity (Wildman–Crippen MR) is 65.0 cm³/mol. The zero-order valence-electron chi connectivity index (χ0n) is 9.90. The molecule has 0 fully saturated rings. The molecule has 1 aromatic rings. The first-order valence-electron chi connectivity index (χ1n) is 5.72. The molecular formula is C13H17NO3.